The first-order valence-corrected chi connectivity index (χ1v) is 6.13. The summed E-state index contributed by atoms with van der Waals surface area (Å²) in [5.74, 6) is -0.00906. The van der Waals surface area contributed by atoms with E-state index in [0.717, 1.165) is 0 Å². The number of hydrogen-bond donors (Lipinski definition) is 1. The number of aromatic nitrogens is 2. The highest BCUT2D eigenvalue weighted by molar-refractivity contribution is 6.31. The molecule has 0 saturated carbocycles. The highest BCUT2D eigenvalue weighted by atomic mass is 35.5. The lowest BCUT2D eigenvalue weighted by Gasteiger charge is -2.08. The quantitative estimate of drug-likeness (QED) is 0.871. The Hall–Kier alpha value is -2.01. The van der Waals surface area contributed by atoms with E-state index in [1.54, 1.807) is 25.2 Å². The summed E-state index contributed by atoms with van der Waals surface area (Å²) in [6.07, 6.45) is 1.38. The summed E-state index contributed by atoms with van der Waals surface area (Å²) in [4.78, 5) is 24.1. The van der Waals surface area contributed by atoms with Crippen molar-refractivity contribution in [2.45, 2.75) is 6.92 Å². The van der Waals surface area contributed by atoms with Crippen molar-refractivity contribution < 1.29 is 9.53 Å². The number of H-pyrrole nitrogens is 1. The van der Waals surface area contributed by atoms with Crippen molar-refractivity contribution in [2.75, 3.05) is 6.61 Å². The van der Waals surface area contributed by atoms with Gasteiger partial charge in [0.15, 0.2) is 0 Å². The third kappa shape index (κ3) is 2.56. The second kappa shape index (κ2) is 5.32. The van der Waals surface area contributed by atoms with Crippen LogP contribution in [0.25, 0.3) is 0 Å². The Labute approximate surface area is 114 Å². The maximum absolute atomic E-state index is 12.3. The maximum atomic E-state index is 12.3. The van der Waals surface area contributed by atoms with Crippen LogP contribution in [0.5, 0.6) is 5.75 Å². The third-order valence-electron chi connectivity index (χ3n) is 2.67. The molecule has 0 spiro atoms. The zero-order valence-corrected chi connectivity index (χ0v) is 11.3. The Balaban J connectivity index is 2.49. The van der Waals surface area contributed by atoms with Crippen LogP contribution in [-0.4, -0.2) is 22.2 Å². The van der Waals surface area contributed by atoms with Gasteiger partial charge >= 0.3 is 0 Å². The van der Waals surface area contributed by atoms with Crippen molar-refractivity contribution in [2.24, 2.45) is 7.05 Å². The zero-order valence-electron chi connectivity index (χ0n) is 10.6. The Morgan fingerprint density at radius 1 is 1.42 bits per heavy atom. The Bertz CT molecular complexity index is 673. The molecule has 2 aromatic rings. The van der Waals surface area contributed by atoms with Crippen molar-refractivity contribution in [3.05, 3.63) is 50.9 Å². The molecule has 0 atom stereocenters. The topological polar surface area (TPSA) is 64.1 Å². The minimum absolute atomic E-state index is 0.0748. The molecule has 0 aliphatic rings. The molecule has 0 bridgehead atoms. The normalized spacial score (nSPS) is 10.5. The van der Waals surface area contributed by atoms with Crippen molar-refractivity contribution in [1.29, 1.82) is 0 Å². The molecular formula is C13H13ClN2O3. The molecule has 0 fully saturated rings. The SMILES string of the molecule is CCOc1cc(Cl)ccc1C(=O)c1c[nH]n(C)c1=O. The molecule has 0 saturated heterocycles. The molecule has 0 radical (unpaired) electrons. The van der Waals surface area contributed by atoms with Crippen molar-refractivity contribution in [1.82, 2.24) is 9.78 Å². The second-order valence-corrected chi connectivity index (χ2v) is 4.39. The average Bonchev–Trinajstić information content (AvgIpc) is 2.70. The molecule has 0 unspecified atom stereocenters. The van der Waals surface area contributed by atoms with Crippen LogP contribution >= 0.6 is 11.6 Å². The molecule has 0 aliphatic heterocycles. The van der Waals surface area contributed by atoms with Crippen molar-refractivity contribution in [3.8, 4) is 5.75 Å². The molecule has 5 nitrogen and oxygen atoms in total. The summed E-state index contributed by atoms with van der Waals surface area (Å²) in [6, 6.07) is 4.71. The molecule has 1 N–H and O–H groups in total. The van der Waals surface area contributed by atoms with Gasteiger partial charge in [0.05, 0.1) is 12.2 Å². The number of ketones is 1. The van der Waals surface area contributed by atoms with E-state index in [1.807, 2.05) is 6.92 Å². The molecule has 0 amide bonds. The molecule has 100 valence electrons. The first kappa shape index (κ1) is 13.4. The number of nitrogens with zero attached hydrogens (tertiary/aromatic N) is 1. The number of aryl methyl sites for hydroxylation is 1. The summed E-state index contributed by atoms with van der Waals surface area (Å²) < 4.78 is 6.62. The van der Waals surface area contributed by atoms with Gasteiger partial charge in [-0.25, -0.2) is 0 Å². The van der Waals surface area contributed by atoms with Gasteiger partial charge in [-0.3, -0.25) is 14.3 Å². The Kier molecular flexibility index (Phi) is 3.76. The van der Waals surface area contributed by atoms with Gasteiger partial charge in [0.1, 0.15) is 11.3 Å². The van der Waals surface area contributed by atoms with Gasteiger partial charge < -0.3 is 9.84 Å². The largest absolute Gasteiger partial charge is 0.493 e. The Morgan fingerprint density at radius 2 is 2.16 bits per heavy atom. The molecule has 6 heteroatoms. The molecule has 1 heterocycles. The van der Waals surface area contributed by atoms with Crippen LogP contribution in [0.15, 0.2) is 29.2 Å². The number of rotatable bonds is 4. The highest BCUT2D eigenvalue weighted by Gasteiger charge is 2.19. The smallest absolute Gasteiger partial charge is 0.277 e. The van der Waals surface area contributed by atoms with Crippen molar-refractivity contribution >= 4 is 17.4 Å². The molecule has 0 aliphatic carbocycles. The second-order valence-electron chi connectivity index (χ2n) is 3.95. The van der Waals surface area contributed by atoms with E-state index >= 15 is 0 Å². The van der Waals surface area contributed by atoms with Gasteiger partial charge in [-0.15, -0.1) is 0 Å². The number of hydrogen-bond acceptors (Lipinski definition) is 3. The minimum Gasteiger partial charge on any atom is -0.493 e. The fraction of sp³-hybridized carbons (Fsp3) is 0.231. The van der Waals surface area contributed by atoms with Crippen LogP contribution in [-0.2, 0) is 7.05 Å². The van der Waals surface area contributed by atoms with E-state index in [1.165, 1.54) is 10.9 Å². The fourth-order valence-corrected chi connectivity index (χ4v) is 1.89. The lowest BCUT2D eigenvalue weighted by atomic mass is 10.1. The average molecular weight is 281 g/mol. The number of aromatic amines is 1. The van der Waals surface area contributed by atoms with E-state index in [9.17, 15) is 9.59 Å². The molecule has 1 aromatic heterocycles. The number of halogens is 1. The fourth-order valence-electron chi connectivity index (χ4n) is 1.73. The first-order valence-electron chi connectivity index (χ1n) is 5.76. The number of benzene rings is 1. The summed E-state index contributed by atoms with van der Waals surface area (Å²) >= 11 is 5.88. The summed E-state index contributed by atoms with van der Waals surface area (Å²) in [7, 11) is 1.55. The van der Waals surface area contributed by atoms with Gasteiger partial charge in [-0.1, -0.05) is 11.6 Å². The van der Waals surface area contributed by atoms with E-state index < -0.39 is 0 Å². The number of ether oxygens (including phenoxy) is 1. The van der Waals surface area contributed by atoms with Gasteiger partial charge in [-0.05, 0) is 25.1 Å². The standard InChI is InChI=1S/C13H13ClN2O3/c1-3-19-11-6-8(14)4-5-9(11)12(17)10-7-15-16(2)13(10)18/h4-7,15H,3H2,1-2H3. The summed E-state index contributed by atoms with van der Waals surface area (Å²) in [6.45, 7) is 2.22. The molecular weight excluding hydrogens is 268 g/mol. The molecule has 1 aromatic carbocycles. The summed E-state index contributed by atoms with van der Waals surface area (Å²) in [5.41, 5.74) is 0.0242. The summed E-state index contributed by atoms with van der Waals surface area (Å²) in [5, 5.41) is 3.14. The minimum atomic E-state index is -0.387. The van der Waals surface area contributed by atoms with Crippen LogP contribution in [0.1, 0.15) is 22.8 Å². The predicted molar refractivity (Wildman–Crippen MR) is 72.1 cm³/mol. The van der Waals surface area contributed by atoms with Crippen LogP contribution in [0.3, 0.4) is 0 Å². The van der Waals surface area contributed by atoms with Gasteiger partial charge in [0.25, 0.3) is 5.56 Å². The number of nitrogens with one attached hydrogen (secondary N) is 1. The van der Waals surface area contributed by atoms with E-state index in [0.29, 0.717) is 22.9 Å². The Morgan fingerprint density at radius 3 is 2.74 bits per heavy atom. The zero-order chi connectivity index (χ0) is 14.0. The van der Waals surface area contributed by atoms with Gasteiger partial charge in [-0.2, -0.15) is 0 Å². The van der Waals surface area contributed by atoms with Crippen LogP contribution in [0, 0.1) is 0 Å². The van der Waals surface area contributed by atoms with Crippen LogP contribution in [0.2, 0.25) is 5.02 Å². The van der Waals surface area contributed by atoms with Crippen molar-refractivity contribution in [3.63, 3.8) is 0 Å². The predicted octanol–water partition coefficient (Wildman–Crippen LogP) is 2.00. The maximum Gasteiger partial charge on any atom is 0.277 e. The lowest BCUT2D eigenvalue weighted by molar-refractivity contribution is 0.103. The first-order chi connectivity index (χ1) is 9.04. The van der Waals surface area contributed by atoms with E-state index in [-0.39, 0.29) is 16.9 Å². The monoisotopic (exact) mass is 280 g/mol. The number of carbonyl (C=O) groups excluding carboxylic acids is 1. The van der Waals surface area contributed by atoms with Gasteiger partial charge in [0.2, 0.25) is 5.78 Å². The molecule has 19 heavy (non-hydrogen) atoms. The number of carbonyl (C=O) groups is 1. The lowest BCUT2D eigenvalue weighted by Crippen LogP contribution is -2.19. The van der Waals surface area contributed by atoms with E-state index in [4.69, 9.17) is 16.3 Å². The van der Waals surface area contributed by atoms with Gasteiger partial charge in [0, 0.05) is 18.3 Å². The van der Waals surface area contributed by atoms with E-state index in [2.05, 4.69) is 5.10 Å². The highest BCUT2D eigenvalue weighted by Crippen LogP contribution is 2.25. The third-order valence-corrected chi connectivity index (χ3v) is 2.91. The van der Waals surface area contributed by atoms with Crippen LogP contribution < -0.4 is 10.3 Å². The molecule has 2 rings (SSSR count). The van der Waals surface area contributed by atoms with Crippen LogP contribution in [0.4, 0.5) is 0 Å².